The average Bonchev–Trinajstić information content (AvgIpc) is 2.92. The van der Waals surface area contributed by atoms with Crippen molar-refractivity contribution in [3.63, 3.8) is 0 Å². The molecule has 0 radical (unpaired) electrons. The number of allylic oxidation sites excluding steroid dienone is 3. The van der Waals surface area contributed by atoms with E-state index in [0.29, 0.717) is 35.3 Å². The van der Waals surface area contributed by atoms with Gasteiger partial charge in [-0.05, 0) is 97.4 Å². The first-order valence-electron chi connectivity index (χ1n) is 14.1. The van der Waals surface area contributed by atoms with Gasteiger partial charge in [0.2, 0.25) is 5.95 Å². The van der Waals surface area contributed by atoms with Crippen molar-refractivity contribution in [3.8, 4) is 0 Å². The number of anilines is 3. The third-order valence-electron chi connectivity index (χ3n) is 7.85. The number of nitrogens with one attached hydrogen (secondary N) is 3. The molecule has 1 fully saturated rings. The zero-order valence-electron chi connectivity index (χ0n) is 24.3. The van der Waals surface area contributed by atoms with Crippen molar-refractivity contribution in [2.45, 2.75) is 89.0 Å². The highest BCUT2D eigenvalue weighted by atomic mass is 35.5. The predicted octanol–water partition coefficient (Wildman–Crippen LogP) is 6.85. The highest BCUT2D eigenvalue weighted by Gasteiger charge is 2.32. The molecule has 1 heterocycles. The third kappa shape index (κ3) is 6.98. The number of hydrogen-bond acceptors (Lipinski definition) is 8. The molecule has 10 heteroatoms. The number of aromatic nitrogens is 2. The van der Waals surface area contributed by atoms with Crippen molar-refractivity contribution in [1.29, 1.82) is 0 Å². The van der Waals surface area contributed by atoms with Crippen LogP contribution in [0.2, 0.25) is 5.02 Å². The molecule has 2 aliphatic rings. The fourth-order valence-electron chi connectivity index (χ4n) is 5.57. The Hall–Kier alpha value is -2.62. The molecule has 2 aromatic rings. The van der Waals surface area contributed by atoms with Gasteiger partial charge in [0, 0.05) is 12.5 Å². The molecule has 2 aliphatic carbocycles. The molecular weight excluding hydrogens is 546 g/mol. The van der Waals surface area contributed by atoms with E-state index in [0.717, 1.165) is 17.9 Å². The summed E-state index contributed by atoms with van der Waals surface area (Å²) in [5, 5.41) is 9.62. The molecule has 0 saturated heterocycles. The van der Waals surface area contributed by atoms with E-state index in [2.05, 4.69) is 46.0 Å². The monoisotopic (exact) mass is 587 g/mol. The standard InChI is InChI=1S/C30H42ClN5O3S/c1-18(2)39-27-16-23(21-11-13-22(32-6)14-12-21)20(5)15-26(27)35-30-33-17-24(31)29(36-30)34-25-9-7-8-10-28(25)40(37,38)19(3)4/h7-10,15,17-19,21-23,32H,11-14,16H2,1-6H3,(H2,33,34,35,36)/t21-,22-,23?. The average molecular weight is 588 g/mol. The van der Waals surface area contributed by atoms with E-state index in [4.69, 9.17) is 16.3 Å². The number of rotatable bonds is 10. The summed E-state index contributed by atoms with van der Waals surface area (Å²) < 4.78 is 32.2. The van der Waals surface area contributed by atoms with Crippen LogP contribution in [0.1, 0.15) is 66.7 Å². The first-order chi connectivity index (χ1) is 19.0. The van der Waals surface area contributed by atoms with Gasteiger partial charge in [-0.3, -0.25) is 0 Å². The number of sulfone groups is 1. The Labute approximate surface area is 244 Å². The Morgan fingerprint density at radius 1 is 1.05 bits per heavy atom. The first-order valence-corrected chi connectivity index (χ1v) is 16.1. The van der Waals surface area contributed by atoms with Crippen LogP contribution in [0.4, 0.5) is 17.5 Å². The molecule has 4 rings (SSSR count). The van der Waals surface area contributed by atoms with Crippen LogP contribution in [-0.2, 0) is 14.6 Å². The van der Waals surface area contributed by atoms with E-state index in [1.54, 1.807) is 38.1 Å². The van der Waals surface area contributed by atoms with Gasteiger partial charge in [-0.15, -0.1) is 0 Å². The summed E-state index contributed by atoms with van der Waals surface area (Å²) in [6, 6.07) is 7.38. The van der Waals surface area contributed by atoms with Gasteiger partial charge in [0.05, 0.1) is 33.8 Å². The number of benzene rings is 1. The highest BCUT2D eigenvalue weighted by Crippen LogP contribution is 2.41. The van der Waals surface area contributed by atoms with Crippen LogP contribution in [0.3, 0.4) is 0 Å². The number of halogens is 1. The third-order valence-corrected chi connectivity index (χ3v) is 10.3. The van der Waals surface area contributed by atoms with Gasteiger partial charge < -0.3 is 20.7 Å². The van der Waals surface area contributed by atoms with Crippen molar-refractivity contribution < 1.29 is 13.2 Å². The Morgan fingerprint density at radius 2 is 1.75 bits per heavy atom. The fourth-order valence-corrected chi connectivity index (χ4v) is 6.91. The quantitative estimate of drug-likeness (QED) is 0.277. The molecule has 1 saturated carbocycles. The summed E-state index contributed by atoms with van der Waals surface area (Å²) in [4.78, 5) is 9.21. The van der Waals surface area contributed by atoms with Gasteiger partial charge in [-0.25, -0.2) is 13.4 Å². The minimum Gasteiger partial charge on any atom is -0.493 e. The van der Waals surface area contributed by atoms with Gasteiger partial charge in [-0.1, -0.05) is 29.3 Å². The first kappa shape index (κ1) is 30.3. The molecule has 8 nitrogen and oxygen atoms in total. The normalized spacial score (nSPS) is 21.9. The molecule has 1 unspecified atom stereocenters. The van der Waals surface area contributed by atoms with Gasteiger partial charge in [0.25, 0.3) is 0 Å². The van der Waals surface area contributed by atoms with Crippen LogP contribution >= 0.6 is 11.6 Å². The van der Waals surface area contributed by atoms with Crippen LogP contribution in [0, 0.1) is 11.8 Å². The van der Waals surface area contributed by atoms with Gasteiger partial charge in [0.1, 0.15) is 10.8 Å². The summed E-state index contributed by atoms with van der Waals surface area (Å²) in [5.41, 5.74) is 2.57. The molecule has 1 aromatic carbocycles. The number of hydrogen-bond donors (Lipinski definition) is 3. The van der Waals surface area contributed by atoms with Crippen molar-refractivity contribution in [3.05, 3.63) is 58.6 Å². The molecule has 0 spiro atoms. The molecule has 40 heavy (non-hydrogen) atoms. The second kappa shape index (κ2) is 12.9. The zero-order valence-corrected chi connectivity index (χ0v) is 25.9. The lowest BCUT2D eigenvalue weighted by atomic mass is 9.72. The van der Waals surface area contributed by atoms with Crippen LogP contribution in [0.5, 0.6) is 0 Å². The lowest BCUT2D eigenvalue weighted by Crippen LogP contribution is -2.33. The maximum atomic E-state index is 12.9. The number of nitrogens with zero attached hydrogens (tertiary/aromatic N) is 2. The van der Waals surface area contributed by atoms with E-state index in [-0.39, 0.29) is 16.0 Å². The molecule has 0 amide bonds. The maximum Gasteiger partial charge on any atom is 0.229 e. The Balaban J connectivity index is 1.59. The summed E-state index contributed by atoms with van der Waals surface area (Å²) >= 11 is 6.45. The van der Waals surface area contributed by atoms with Crippen molar-refractivity contribution >= 4 is 38.9 Å². The second-order valence-electron chi connectivity index (χ2n) is 11.3. The van der Waals surface area contributed by atoms with Crippen molar-refractivity contribution in [2.24, 2.45) is 11.8 Å². The summed E-state index contributed by atoms with van der Waals surface area (Å²) in [7, 11) is -1.46. The summed E-state index contributed by atoms with van der Waals surface area (Å²) in [6.45, 7) is 9.59. The van der Waals surface area contributed by atoms with Crippen LogP contribution in [-0.4, -0.2) is 42.8 Å². The Morgan fingerprint density at radius 3 is 2.40 bits per heavy atom. The zero-order chi connectivity index (χ0) is 29.0. The topological polar surface area (TPSA) is 105 Å². The molecular formula is C30H42ClN5O3S. The van der Waals surface area contributed by atoms with Crippen LogP contribution < -0.4 is 16.0 Å². The smallest absolute Gasteiger partial charge is 0.229 e. The van der Waals surface area contributed by atoms with E-state index < -0.39 is 15.1 Å². The minimum atomic E-state index is -3.52. The molecule has 1 atom stereocenters. The lowest BCUT2D eigenvalue weighted by Gasteiger charge is -2.37. The number of ether oxygens (including phenoxy) is 1. The highest BCUT2D eigenvalue weighted by molar-refractivity contribution is 7.92. The predicted molar refractivity (Wildman–Crippen MR) is 163 cm³/mol. The van der Waals surface area contributed by atoms with Crippen LogP contribution in [0.25, 0.3) is 0 Å². The summed E-state index contributed by atoms with van der Waals surface area (Å²) in [5.74, 6) is 2.64. The summed E-state index contributed by atoms with van der Waals surface area (Å²) in [6.07, 6.45) is 9.35. The van der Waals surface area contributed by atoms with E-state index in [9.17, 15) is 8.42 Å². The molecule has 1 aromatic heterocycles. The minimum absolute atomic E-state index is 0.0297. The van der Waals surface area contributed by atoms with Crippen LogP contribution in [0.15, 0.2) is 58.5 Å². The molecule has 3 N–H and O–H groups in total. The van der Waals surface area contributed by atoms with E-state index in [1.807, 2.05) is 13.8 Å². The SMILES string of the molecule is CN[C@H]1CC[C@H](C2CC(OC(C)C)=C(Nc3ncc(Cl)c(Nc4ccccc4S(=O)(=O)C(C)C)n3)C=C2C)CC1. The fraction of sp³-hybridized carbons (Fsp3) is 0.533. The molecule has 0 aliphatic heterocycles. The Bertz CT molecular complexity index is 1370. The second-order valence-corrected chi connectivity index (χ2v) is 14.2. The molecule has 0 bridgehead atoms. The van der Waals surface area contributed by atoms with Crippen molar-refractivity contribution in [1.82, 2.24) is 15.3 Å². The van der Waals surface area contributed by atoms with E-state index in [1.165, 1.54) is 37.5 Å². The van der Waals surface area contributed by atoms with Gasteiger partial charge in [0.15, 0.2) is 15.7 Å². The maximum absolute atomic E-state index is 12.9. The largest absolute Gasteiger partial charge is 0.493 e. The van der Waals surface area contributed by atoms with E-state index >= 15 is 0 Å². The van der Waals surface area contributed by atoms with Crippen molar-refractivity contribution in [2.75, 3.05) is 17.7 Å². The molecule has 218 valence electrons. The number of para-hydroxylation sites is 1. The van der Waals surface area contributed by atoms with Gasteiger partial charge >= 0.3 is 0 Å². The Kier molecular flexibility index (Phi) is 9.80. The van der Waals surface area contributed by atoms with Gasteiger partial charge in [-0.2, -0.15) is 4.98 Å². The lowest BCUT2D eigenvalue weighted by molar-refractivity contribution is 0.120.